The summed E-state index contributed by atoms with van der Waals surface area (Å²) in [5.74, 6) is 1.25. The first-order valence-electron chi connectivity index (χ1n) is 11.4. The highest BCUT2D eigenvalue weighted by molar-refractivity contribution is 6.05. The molecular weight excluding hydrogens is 426 g/mol. The number of nitriles is 1. The lowest BCUT2D eigenvalue weighted by molar-refractivity contribution is -0.121. The maximum Gasteiger partial charge on any atom is 0.241 e. The summed E-state index contributed by atoms with van der Waals surface area (Å²) in [6.07, 6.45) is 4.53. The molecule has 0 aliphatic carbocycles. The number of nitrogens with zero attached hydrogens (tertiary/aromatic N) is 5. The SMILES string of the molecule is N#Cc1ccc2cc1Oc1ccc3cccc(c3c1)N1CCN(CCc3cncn3C2)CC1=O. The molecule has 0 N–H and O–H groups in total. The number of amides is 1. The molecule has 7 heteroatoms. The average Bonchev–Trinajstić information content (AvgIpc) is 3.29. The zero-order valence-corrected chi connectivity index (χ0v) is 18.6. The zero-order valence-electron chi connectivity index (χ0n) is 18.6. The van der Waals surface area contributed by atoms with E-state index in [0.717, 1.165) is 47.2 Å². The second kappa shape index (κ2) is 8.32. The van der Waals surface area contributed by atoms with Crippen molar-refractivity contribution < 1.29 is 9.53 Å². The molecule has 0 saturated carbocycles. The van der Waals surface area contributed by atoms with Gasteiger partial charge in [0, 0.05) is 49.9 Å². The lowest BCUT2D eigenvalue weighted by atomic mass is 10.1. The average molecular weight is 450 g/mol. The smallest absolute Gasteiger partial charge is 0.241 e. The van der Waals surface area contributed by atoms with E-state index in [-0.39, 0.29) is 5.91 Å². The van der Waals surface area contributed by atoms with Gasteiger partial charge in [-0.05, 0) is 41.3 Å². The quantitative estimate of drug-likeness (QED) is 0.406. The number of hydrogen-bond acceptors (Lipinski definition) is 5. The largest absolute Gasteiger partial charge is 0.456 e. The summed E-state index contributed by atoms with van der Waals surface area (Å²) in [5, 5.41) is 11.7. The Morgan fingerprint density at radius 1 is 1.00 bits per heavy atom. The standard InChI is InChI=1S/C27H23N5O2/c28-14-21-5-4-19-12-26(21)34-23-7-6-20-2-1-3-25(24(20)13-23)32-11-10-30(17-27(32)33)9-8-22-15-29-18-31(22)16-19/h1-7,12-13,15,18H,8-11,16-17H2. The van der Waals surface area contributed by atoms with Gasteiger partial charge < -0.3 is 14.2 Å². The van der Waals surface area contributed by atoms with Crippen molar-refractivity contribution in [2.45, 2.75) is 13.0 Å². The van der Waals surface area contributed by atoms with Gasteiger partial charge in [0.25, 0.3) is 0 Å². The Morgan fingerprint density at radius 2 is 1.94 bits per heavy atom. The molecule has 1 amide bonds. The van der Waals surface area contributed by atoms with Crippen molar-refractivity contribution in [1.82, 2.24) is 14.5 Å². The normalized spacial score (nSPS) is 17.8. The fourth-order valence-electron chi connectivity index (χ4n) is 4.84. The van der Waals surface area contributed by atoms with Crippen LogP contribution in [0.4, 0.5) is 5.69 Å². The van der Waals surface area contributed by atoms with Gasteiger partial charge in [0.1, 0.15) is 17.6 Å². The molecule has 3 aliphatic heterocycles. The van der Waals surface area contributed by atoms with Crippen LogP contribution in [0.3, 0.4) is 0 Å². The number of ether oxygens (including phenoxy) is 1. The molecule has 1 fully saturated rings. The van der Waals surface area contributed by atoms with Crippen molar-refractivity contribution in [3.05, 3.63) is 83.9 Å². The van der Waals surface area contributed by atoms with Crippen LogP contribution in [0.1, 0.15) is 16.8 Å². The number of carbonyl (C=O) groups is 1. The van der Waals surface area contributed by atoms with E-state index in [0.29, 0.717) is 36.7 Å². The highest BCUT2D eigenvalue weighted by Gasteiger charge is 2.26. The van der Waals surface area contributed by atoms with E-state index < -0.39 is 0 Å². The first-order chi connectivity index (χ1) is 16.7. The summed E-state index contributed by atoms with van der Waals surface area (Å²) in [5.41, 5.74) is 3.51. The minimum atomic E-state index is 0.0984. The van der Waals surface area contributed by atoms with Crippen molar-refractivity contribution in [2.24, 2.45) is 0 Å². The molecule has 1 saturated heterocycles. The fraction of sp³-hybridized carbons (Fsp3) is 0.222. The van der Waals surface area contributed by atoms with Gasteiger partial charge in [-0.15, -0.1) is 0 Å². The van der Waals surface area contributed by atoms with Gasteiger partial charge in [0.2, 0.25) is 5.91 Å². The molecule has 1 aromatic heterocycles. The molecule has 4 aromatic rings. The van der Waals surface area contributed by atoms with Gasteiger partial charge in [-0.25, -0.2) is 4.98 Å². The third-order valence-electron chi connectivity index (χ3n) is 6.65. The topological polar surface area (TPSA) is 74.4 Å². The Morgan fingerprint density at radius 3 is 2.82 bits per heavy atom. The van der Waals surface area contributed by atoms with E-state index in [2.05, 4.69) is 20.5 Å². The van der Waals surface area contributed by atoms with Crippen LogP contribution >= 0.6 is 0 Å². The Kier molecular flexibility index (Phi) is 5.01. The number of imidazole rings is 1. The first-order valence-corrected chi connectivity index (χ1v) is 11.4. The lowest BCUT2D eigenvalue weighted by Gasteiger charge is -2.35. The molecule has 7 rings (SSSR count). The lowest BCUT2D eigenvalue weighted by Crippen LogP contribution is -2.51. The second-order valence-electron chi connectivity index (χ2n) is 8.79. The Labute approximate surface area is 197 Å². The third kappa shape index (κ3) is 3.68. The van der Waals surface area contributed by atoms with Crippen LogP contribution in [0, 0.1) is 11.3 Å². The number of fused-ring (bicyclic) bond motifs is 3. The van der Waals surface area contributed by atoms with Gasteiger partial charge in [-0.3, -0.25) is 9.69 Å². The predicted octanol–water partition coefficient (Wildman–Crippen LogP) is 3.95. The number of hydrogen-bond donors (Lipinski definition) is 0. The number of anilines is 1. The minimum absolute atomic E-state index is 0.0984. The predicted molar refractivity (Wildman–Crippen MR) is 129 cm³/mol. The number of benzene rings is 3. The summed E-state index contributed by atoms with van der Waals surface area (Å²) in [7, 11) is 0. The molecule has 34 heavy (non-hydrogen) atoms. The molecule has 0 spiro atoms. The molecule has 3 aliphatic rings. The summed E-state index contributed by atoms with van der Waals surface area (Å²) >= 11 is 0. The summed E-state index contributed by atoms with van der Waals surface area (Å²) in [6, 6.07) is 19.8. The molecular formula is C27H23N5O2. The Hall–Kier alpha value is -4.15. The van der Waals surface area contributed by atoms with Gasteiger partial charge in [0.05, 0.1) is 24.1 Å². The fourth-order valence-corrected chi connectivity index (χ4v) is 4.84. The molecule has 7 nitrogen and oxygen atoms in total. The van der Waals surface area contributed by atoms with Gasteiger partial charge in [-0.1, -0.05) is 24.3 Å². The monoisotopic (exact) mass is 449 g/mol. The van der Waals surface area contributed by atoms with E-state index in [1.54, 1.807) is 6.07 Å². The van der Waals surface area contributed by atoms with Gasteiger partial charge >= 0.3 is 0 Å². The van der Waals surface area contributed by atoms with Gasteiger partial charge in [-0.2, -0.15) is 5.26 Å². The van der Waals surface area contributed by atoms with Crippen LogP contribution in [-0.2, 0) is 17.8 Å². The maximum atomic E-state index is 13.2. The van der Waals surface area contributed by atoms with E-state index in [4.69, 9.17) is 4.74 Å². The number of aromatic nitrogens is 2. The van der Waals surface area contributed by atoms with E-state index >= 15 is 0 Å². The highest BCUT2D eigenvalue weighted by Crippen LogP contribution is 2.34. The van der Waals surface area contributed by atoms with Crippen LogP contribution in [0.5, 0.6) is 11.5 Å². The van der Waals surface area contributed by atoms with Crippen molar-refractivity contribution in [3.8, 4) is 17.6 Å². The van der Waals surface area contributed by atoms with E-state index in [1.165, 1.54) is 0 Å². The Balaban J connectivity index is 1.49. The molecule has 3 aromatic carbocycles. The highest BCUT2D eigenvalue weighted by atomic mass is 16.5. The van der Waals surface area contributed by atoms with E-state index in [9.17, 15) is 10.1 Å². The van der Waals surface area contributed by atoms with Crippen LogP contribution in [0.25, 0.3) is 10.8 Å². The van der Waals surface area contributed by atoms with Crippen molar-refractivity contribution in [3.63, 3.8) is 0 Å². The first kappa shape index (κ1) is 20.5. The minimum Gasteiger partial charge on any atom is -0.456 e. The third-order valence-corrected chi connectivity index (χ3v) is 6.65. The molecule has 0 radical (unpaired) electrons. The van der Waals surface area contributed by atoms with Crippen LogP contribution < -0.4 is 9.64 Å². The molecule has 4 heterocycles. The van der Waals surface area contributed by atoms with E-state index in [1.807, 2.05) is 66.0 Å². The molecule has 6 bridgehead atoms. The molecule has 1 unspecified atom stereocenters. The number of rotatable bonds is 0. The second-order valence-corrected chi connectivity index (χ2v) is 8.79. The zero-order chi connectivity index (χ0) is 23.1. The van der Waals surface area contributed by atoms with Crippen LogP contribution in [0.15, 0.2) is 67.1 Å². The maximum absolute atomic E-state index is 13.2. The van der Waals surface area contributed by atoms with Crippen molar-refractivity contribution >= 4 is 22.4 Å². The summed E-state index contributed by atoms with van der Waals surface area (Å²) in [4.78, 5) is 21.6. The summed E-state index contributed by atoms with van der Waals surface area (Å²) in [6.45, 7) is 3.28. The summed E-state index contributed by atoms with van der Waals surface area (Å²) < 4.78 is 8.36. The van der Waals surface area contributed by atoms with Crippen LogP contribution in [-0.4, -0.2) is 46.5 Å². The molecule has 1 atom stereocenters. The van der Waals surface area contributed by atoms with Crippen molar-refractivity contribution in [2.75, 3.05) is 31.1 Å². The molecule has 168 valence electrons. The number of piperazine rings is 1. The van der Waals surface area contributed by atoms with Crippen molar-refractivity contribution in [1.29, 1.82) is 5.26 Å². The van der Waals surface area contributed by atoms with Crippen LogP contribution in [0.2, 0.25) is 0 Å². The number of carbonyl (C=O) groups excluding carboxylic acids is 1. The van der Waals surface area contributed by atoms with Gasteiger partial charge in [0.15, 0.2) is 0 Å². The Bertz CT molecular complexity index is 1450.